The third-order valence-corrected chi connectivity index (χ3v) is 2.55. The molecule has 0 N–H and O–H groups in total. The molecule has 1 saturated heterocycles. The lowest BCUT2D eigenvalue weighted by Gasteiger charge is -2.20. The number of ether oxygens (including phenoxy) is 2. The molecule has 0 aromatic carbocycles. The van der Waals surface area contributed by atoms with E-state index in [0.29, 0.717) is 12.8 Å². The Kier molecular flexibility index (Phi) is 3.71. The molecule has 0 aromatic rings. The minimum atomic E-state index is -0.401. The van der Waals surface area contributed by atoms with E-state index >= 15 is 0 Å². The van der Waals surface area contributed by atoms with Crippen LogP contribution in [0.1, 0.15) is 12.8 Å². The zero-order valence-electron chi connectivity index (χ0n) is 9.15. The molecule has 0 spiro atoms. The van der Waals surface area contributed by atoms with E-state index in [1.165, 1.54) is 20.3 Å². The summed E-state index contributed by atoms with van der Waals surface area (Å²) in [7, 11) is 4.45. The number of carbonyl (C=O) groups excluding carboxylic acids is 2. The Bertz CT molecular complexity index is 298. The van der Waals surface area contributed by atoms with Crippen LogP contribution in [0.3, 0.4) is 0 Å². The number of hydrogen-bond acceptors (Lipinski definition) is 5. The summed E-state index contributed by atoms with van der Waals surface area (Å²) in [5.41, 5.74) is 0.803. The molecule has 1 rings (SSSR count). The number of likely N-dealkylation sites (N-methyl/N-ethyl adjacent to an activating group) is 1. The molecule has 1 heterocycles. The van der Waals surface area contributed by atoms with Crippen molar-refractivity contribution in [3.8, 4) is 0 Å². The van der Waals surface area contributed by atoms with Crippen LogP contribution in [0.4, 0.5) is 0 Å². The summed E-state index contributed by atoms with van der Waals surface area (Å²) >= 11 is 0. The van der Waals surface area contributed by atoms with Gasteiger partial charge in [0, 0.05) is 18.8 Å². The molecular weight excluding hydrogens is 198 g/mol. The number of hydrogen-bond donors (Lipinski definition) is 0. The fourth-order valence-electron chi connectivity index (χ4n) is 1.64. The molecule has 0 aromatic heterocycles. The SMILES string of the molecule is COC(=O)/C=C1/CCC(C(=O)OC)N1C. The lowest BCUT2D eigenvalue weighted by Crippen LogP contribution is -2.33. The van der Waals surface area contributed by atoms with Gasteiger partial charge in [-0.25, -0.2) is 9.59 Å². The summed E-state index contributed by atoms with van der Waals surface area (Å²) in [6, 6.07) is -0.286. The van der Waals surface area contributed by atoms with Crippen molar-refractivity contribution in [2.45, 2.75) is 18.9 Å². The van der Waals surface area contributed by atoms with Crippen molar-refractivity contribution < 1.29 is 19.1 Å². The van der Waals surface area contributed by atoms with Crippen LogP contribution in [0.5, 0.6) is 0 Å². The molecule has 84 valence electrons. The van der Waals surface area contributed by atoms with Gasteiger partial charge in [-0.3, -0.25) is 0 Å². The standard InChI is InChI=1S/C10H15NO4/c1-11-7(6-9(12)14-2)4-5-8(11)10(13)15-3/h6,8H,4-5H2,1-3H3/b7-6-. The van der Waals surface area contributed by atoms with Crippen LogP contribution in [0.2, 0.25) is 0 Å². The molecule has 5 nitrogen and oxygen atoms in total. The van der Waals surface area contributed by atoms with E-state index in [1.54, 1.807) is 11.9 Å². The zero-order chi connectivity index (χ0) is 11.4. The second kappa shape index (κ2) is 4.82. The number of likely N-dealkylation sites (tertiary alicyclic amines) is 1. The summed E-state index contributed by atoms with van der Waals surface area (Å²) in [5.74, 6) is -0.673. The Morgan fingerprint density at radius 3 is 2.60 bits per heavy atom. The van der Waals surface area contributed by atoms with Gasteiger partial charge in [0.25, 0.3) is 0 Å². The normalized spacial score (nSPS) is 23.0. The van der Waals surface area contributed by atoms with Crippen molar-refractivity contribution in [3.05, 3.63) is 11.8 Å². The average Bonchev–Trinajstić information content (AvgIpc) is 2.59. The molecule has 15 heavy (non-hydrogen) atoms. The van der Waals surface area contributed by atoms with Crippen LogP contribution in [-0.2, 0) is 19.1 Å². The molecule has 5 heteroatoms. The van der Waals surface area contributed by atoms with E-state index < -0.39 is 5.97 Å². The fourth-order valence-corrected chi connectivity index (χ4v) is 1.64. The van der Waals surface area contributed by atoms with E-state index in [-0.39, 0.29) is 12.0 Å². The minimum Gasteiger partial charge on any atom is -0.467 e. The summed E-state index contributed by atoms with van der Waals surface area (Å²) < 4.78 is 9.18. The van der Waals surface area contributed by atoms with Crippen LogP contribution in [0, 0.1) is 0 Å². The molecule has 1 aliphatic heterocycles. The highest BCUT2D eigenvalue weighted by atomic mass is 16.5. The first-order chi connectivity index (χ1) is 7.10. The highest BCUT2D eigenvalue weighted by molar-refractivity contribution is 5.83. The Balaban J connectivity index is 2.71. The molecular formula is C10H15NO4. The van der Waals surface area contributed by atoms with E-state index in [1.807, 2.05) is 0 Å². The second-order valence-corrected chi connectivity index (χ2v) is 3.35. The molecule has 0 amide bonds. The number of nitrogens with zero attached hydrogens (tertiary/aromatic N) is 1. The maximum Gasteiger partial charge on any atom is 0.332 e. The quantitative estimate of drug-likeness (QED) is 0.488. The van der Waals surface area contributed by atoms with Gasteiger partial charge in [0.2, 0.25) is 0 Å². The predicted octanol–water partition coefficient (Wildman–Crippen LogP) is 0.310. The topological polar surface area (TPSA) is 55.8 Å². The molecule has 1 unspecified atom stereocenters. The van der Waals surface area contributed by atoms with Crippen molar-refractivity contribution in [1.29, 1.82) is 0 Å². The van der Waals surface area contributed by atoms with Crippen LogP contribution in [-0.4, -0.2) is 44.1 Å². The van der Waals surface area contributed by atoms with Crippen molar-refractivity contribution in [1.82, 2.24) is 4.90 Å². The lowest BCUT2D eigenvalue weighted by molar-refractivity contribution is -0.145. The maximum atomic E-state index is 11.3. The summed E-state index contributed by atoms with van der Waals surface area (Å²) in [6.45, 7) is 0. The number of allylic oxidation sites excluding steroid dienone is 1. The lowest BCUT2D eigenvalue weighted by atomic mass is 10.2. The minimum absolute atomic E-state index is 0.272. The second-order valence-electron chi connectivity index (χ2n) is 3.35. The molecule has 0 bridgehead atoms. The molecule has 1 atom stereocenters. The Morgan fingerprint density at radius 1 is 1.40 bits per heavy atom. The van der Waals surface area contributed by atoms with Gasteiger partial charge in [-0.2, -0.15) is 0 Å². The number of methoxy groups -OCH3 is 2. The van der Waals surface area contributed by atoms with E-state index in [2.05, 4.69) is 9.47 Å². The smallest absolute Gasteiger partial charge is 0.332 e. The van der Waals surface area contributed by atoms with E-state index in [4.69, 9.17) is 0 Å². The monoisotopic (exact) mass is 213 g/mol. The van der Waals surface area contributed by atoms with Crippen molar-refractivity contribution in [3.63, 3.8) is 0 Å². The first-order valence-electron chi connectivity index (χ1n) is 4.69. The molecule has 0 radical (unpaired) electrons. The average molecular weight is 213 g/mol. The van der Waals surface area contributed by atoms with Crippen molar-refractivity contribution in [2.24, 2.45) is 0 Å². The third kappa shape index (κ3) is 2.49. The van der Waals surface area contributed by atoms with Gasteiger partial charge in [0.1, 0.15) is 6.04 Å². The number of rotatable bonds is 2. The first kappa shape index (κ1) is 11.6. The zero-order valence-corrected chi connectivity index (χ0v) is 9.15. The van der Waals surface area contributed by atoms with Crippen LogP contribution < -0.4 is 0 Å². The summed E-state index contributed by atoms with van der Waals surface area (Å²) in [6.07, 6.45) is 2.76. The van der Waals surface area contributed by atoms with Crippen molar-refractivity contribution in [2.75, 3.05) is 21.3 Å². The van der Waals surface area contributed by atoms with Gasteiger partial charge in [-0.1, -0.05) is 0 Å². The van der Waals surface area contributed by atoms with Gasteiger partial charge in [0.05, 0.1) is 14.2 Å². The molecule has 1 aliphatic rings. The van der Waals surface area contributed by atoms with Gasteiger partial charge in [-0.15, -0.1) is 0 Å². The van der Waals surface area contributed by atoms with Crippen LogP contribution >= 0.6 is 0 Å². The maximum absolute atomic E-state index is 11.3. The van der Waals surface area contributed by atoms with Gasteiger partial charge in [-0.05, 0) is 12.8 Å². The largest absolute Gasteiger partial charge is 0.467 e. The molecule has 0 saturated carbocycles. The number of carbonyl (C=O) groups is 2. The van der Waals surface area contributed by atoms with Gasteiger partial charge >= 0.3 is 11.9 Å². The highest BCUT2D eigenvalue weighted by Gasteiger charge is 2.31. The van der Waals surface area contributed by atoms with E-state index in [0.717, 1.165) is 5.70 Å². The predicted molar refractivity (Wildman–Crippen MR) is 52.9 cm³/mol. The molecule has 0 aliphatic carbocycles. The Hall–Kier alpha value is -1.52. The van der Waals surface area contributed by atoms with Crippen molar-refractivity contribution >= 4 is 11.9 Å². The third-order valence-electron chi connectivity index (χ3n) is 2.55. The van der Waals surface area contributed by atoms with Crippen LogP contribution in [0.25, 0.3) is 0 Å². The number of esters is 2. The Labute approximate surface area is 88.6 Å². The highest BCUT2D eigenvalue weighted by Crippen LogP contribution is 2.26. The van der Waals surface area contributed by atoms with Gasteiger partial charge < -0.3 is 14.4 Å². The van der Waals surface area contributed by atoms with Gasteiger partial charge in [0.15, 0.2) is 0 Å². The summed E-state index contributed by atoms with van der Waals surface area (Å²) in [5, 5.41) is 0. The van der Waals surface area contributed by atoms with Crippen LogP contribution in [0.15, 0.2) is 11.8 Å². The summed E-state index contributed by atoms with van der Waals surface area (Å²) in [4.78, 5) is 24.1. The first-order valence-corrected chi connectivity index (χ1v) is 4.69. The molecule has 1 fully saturated rings. The Morgan fingerprint density at radius 2 is 2.07 bits per heavy atom. The fraction of sp³-hybridized carbons (Fsp3) is 0.600. The van der Waals surface area contributed by atoms with E-state index in [9.17, 15) is 9.59 Å².